The first-order valence-electron chi connectivity index (χ1n) is 9.24. The highest BCUT2D eigenvalue weighted by atomic mass is 19.4. The number of hydrogen-bond donors (Lipinski definition) is 0. The summed E-state index contributed by atoms with van der Waals surface area (Å²) in [4.78, 5) is 41.0. The van der Waals surface area contributed by atoms with E-state index in [1.54, 1.807) is 0 Å². The van der Waals surface area contributed by atoms with Crippen LogP contribution in [0.25, 0.3) is 6.08 Å². The fraction of sp³-hybridized carbons (Fsp3) is 0.471. The maximum atomic E-state index is 13.7. The van der Waals surface area contributed by atoms with E-state index in [0.29, 0.717) is 12.1 Å². The van der Waals surface area contributed by atoms with Crippen LogP contribution in [0.5, 0.6) is 11.5 Å². The van der Waals surface area contributed by atoms with Gasteiger partial charge in [0.1, 0.15) is 30.8 Å². The van der Waals surface area contributed by atoms with Crippen LogP contribution in [-0.2, 0) is 25.6 Å². The molecule has 2 rings (SSSR count). The number of rotatable bonds is 10. The van der Waals surface area contributed by atoms with Crippen LogP contribution in [0.15, 0.2) is 17.7 Å². The molecule has 1 aliphatic rings. The fourth-order valence-electron chi connectivity index (χ4n) is 2.85. The molecule has 1 heterocycles. The summed E-state index contributed by atoms with van der Waals surface area (Å²) in [5.74, 6) is -3.07. The number of ether oxygens (including phenoxy) is 3. The van der Waals surface area contributed by atoms with Gasteiger partial charge in [-0.05, 0) is 30.2 Å². The lowest BCUT2D eigenvalue weighted by molar-refractivity contribution is -0.768. The zero-order chi connectivity index (χ0) is 26.6. The predicted molar refractivity (Wildman–Crippen MR) is 96.7 cm³/mol. The normalized spacial score (nSPS) is 15.4. The molecule has 0 saturated heterocycles. The molecular formula is C17H14F6N2O10. The molecule has 0 aromatic heterocycles. The van der Waals surface area contributed by atoms with Gasteiger partial charge >= 0.3 is 18.5 Å². The quantitative estimate of drug-likeness (QED) is 0.195. The Morgan fingerprint density at radius 3 is 2.11 bits per heavy atom. The number of benzene rings is 1. The average Bonchev–Trinajstić information content (AvgIpc) is 2.71. The molecule has 0 saturated carbocycles. The molecule has 0 aliphatic carbocycles. The highest BCUT2D eigenvalue weighted by Crippen LogP contribution is 2.42. The van der Waals surface area contributed by atoms with E-state index in [2.05, 4.69) is 19.1 Å². The molecule has 1 aromatic rings. The van der Waals surface area contributed by atoms with Gasteiger partial charge in [0, 0.05) is 5.56 Å². The second kappa shape index (κ2) is 10.5. The molecule has 0 amide bonds. The van der Waals surface area contributed by atoms with Crippen LogP contribution < -0.4 is 9.47 Å². The third-order valence-electron chi connectivity index (χ3n) is 4.15. The van der Waals surface area contributed by atoms with Gasteiger partial charge in [-0.25, -0.2) is 4.79 Å². The maximum Gasteiger partial charge on any atom is 0.573 e. The lowest BCUT2D eigenvalue weighted by Gasteiger charge is -2.30. The van der Waals surface area contributed by atoms with Crippen LogP contribution in [0, 0.1) is 20.2 Å². The van der Waals surface area contributed by atoms with Gasteiger partial charge in [0.2, 0.25) is 6.10 Å². The number of carbonyl (C=O) groups is 1. The van der Waals surface area contributed by atoms with E-state index < -0.39 is 76.7 Å². The Morgan fingerprint density at radius 1 is 1.09 bits per heavy atom. The lowest BCUT2D eigenvalue weighted by Crippen LogP contribution is -2.42. The van der Waals surface area contributed by atoms with Gasteiger partial charge in [-0.2, -0.15) is 13.2 Å². The fourth-order valence-corrected chi connectivity index (χ4v) is 2.85. The molecular weight excluding hydrogens is 506 g/mol. The molecule has 194 valence electrons. The molecule has 0 fully saturated rings. The number of carbonyl (C=O) groups excluding carboxylic acids is 1. The Labute approximate surface area is 190 Å². The maximum absolute atomic E-state index is 13.7. The minimum Gasteiger partial charge on any atom is -0.475 e. The van der Waals surface area contributed by atoms with Crippen molar-refractivity contribution in [1.82, 2.24) is 0 Å². The molecule has 12 nitrogen and oxygen atoms in total. The van der Waals surface area contributed by atoms with Crippen molar-refractivity contribution in [3.63, 3.8) is 0 Å². The predicted octanol–water partition coefficient (Wildman–Crippen LogP) is 3.18. The van der Waals surface area contributed by atoms with Crippen LogP contribution in [0.1, 0.15) is 18.1 Å². The van der Waals surface area contributed by atoms with Crippen molar-refractivity contribution in [2.45, 2.75) is 38.1 Å². The topological polar surface area (TPSA) is 150 Å². The van der Waals surface area contributed by atoms with E-state index >= 15 is 0 Å². The first kappa shape index (κ1) is 27.3. The molecule has 0 bridgehead atoms. The highest BCUT2D eigenvalue weighted by Gasteiger charge is 2.49. The summed E-state index contributed by atoms with van der Waals surface area (Å²) in [7, 11) is 0. The van der Waals surface area contributed by atoms with E-state index in [1.807, 2.05) is 0 Å². The van der Waals surface area contributed by atoms with Crippen molar-refractivity contribution in [2.75, 3.05) is 13.2 Å². The average molecular weight is 520 g/mol. The molecule has 1 aromatic carbocycles. The van der Waals surface area contributed by atoms with Crippen LogP contribution in [0.3, 0.4) is 0 Å². The van der Waals surface area contributed by atoms with Crippen molar-refractivity contribution >= 4 is 12.0 Å². The SMILES string of the molecule is CCc1cc(OC(F)(F)F)cc2c1O[C@H](C(F)(F)F)C(C(=O)OC(CO[N+](=O)[O-])CO[N+](=O)[O-])=C2. The second-order valence-corrected chi connectivity index (χ2v) is 6.61. The van der Waals surface area contributed by atoms with Crippen molar-refractivity contribution in [1.29, 1.82) is 0 Å². The van der Waals surface area contributed by atoms with Crippen LogP contribution >= 0.6 is 0 Å². The third-order valence-corrected chi connectivity index (χ3v) is 4.15. The molecule has 0 radical (unpaired) electrons. The summed E-state index contributed by atoms with van der Waals surface area (Å²) in [6, 6.07) is 1.49. The standard InChI is InChI=1S/C17H14F6N2O10/c1-2-8-3-10(35-17(21,22)23)4-9-5-12(14(16(18,19)20)34-13(8)9)15(26)33-11(6-31-24(27)28)7-32-25(29)30/h3-5,11,14H,2,6-7H2,1H3/t14-/m0/s1. The Bertz CT molecular complexity index is 992. The minimum atomic E-state index is -5.22. The van der Waals surface area contributed by atoms with E-state index in [-0.39, 0.29) is 12.0 Å². The summed E-state index contributed by atoms with van der Waals surface area (Å²) < 4.78 is 92.2. The van der Waals surface area contributed by atoms with Crippen molar-refractivity contribution in [3.05, 3.63) is 49.1 Å². The van der Waals surface area contributed by atoms with Crippen LogP contribution in [0.4, 0.5) is 26.3 Å². The number of nitrogens with zero attached hydrogens (tertiary/aromatic N) is 2. The van der Waals surface area contributed by atoms with Gasteiger partial charge in [-0.3, -0.25) is 0 Å². The van der Waals surface area contributed by atoms with E-state index in [4.69, 9.17) is 4.74 Å². The molecule has 18 heteroatoms. The Kier molecular flexibility index (Phi) is 8.19. The summed E-state index contributed by atoms with van der Waals surface area (Å²) >= 11 is 0. The van der Waals surface area contributed by atoms with E-state index in [9.17, 15) is 51.4 Å². The van der Waals surface area contributed by atoms with Gasteiger partial charge in [0.25, 0.3) is 10.2 Å². The molecule has 0 spiro atoms. The Balaban J connectivity index is 2.46. The van der Waals surface area contributed by atoms with E-state index in [1.165, 1.54) is 6.92 Å². The molecule has 0 unspecified atom stereocenters. The zero-order valence-corrected chi connectivity index (χ0v) is 17.3. The summed E-state index contributed by atoms with van der Waals surface area (Å²) in [6.45, 7) is -0.864. The number of halogens is 6. The Morgan fingerprint density at radius 2 is 1.66 bits per heavy atom. The smallest absolute Gasteiger partial charge is 0.475 e. The minimum absolute atomic E-state index is 0.0753. The molecule has 1 atom stereocenters. The van der Waals surface area contributed by atoms with Crippen molar-refractivity contribution in [2.24, 2.45) is 0 Å². The van der Waals surface area contributed by atoms with Gasteiger partial charge in [0.15, 0.2) is 0 Å². The van der Waals surface area contributed by atoms with E-state index in [0.717, 1.165) is 6.07 Å². The summed E-state index contributed by atoms with van der Waals surface area (Å²) in [5.41, 5.74) is -1.75. The number of aryl methyl sites for hydroxylation is 1. The van der Waals surface area contributed by atoms with Gasteiger partial charge in [-0.1, -0.05) is 6.92 Å². The number of fused-ring (bicyclic) bond motifs is 1. The van der Waals surface area contributed by atoms with Crippen LogP contribution in [-0.4, -0.2) is 54.1 Å². The first-order valence-corrected chi connectivity index (χ1v) is 9.24. The number of alkyl halides is 6. The van der Waals surface area contributed by atoms with Crippen LogP contribution in [0.2, 0.25) is 0 Å². The summed E-state index contributed by atoms with van der Waals surface area (Å²) in [5, 5.41) is 18.0. The molecule has 1 aliphatic heterocycles. The summed E-state index contributed by atoms with van der Waals surface area (Å²) in [6.07, 6.45) is -14.7. The lowest BCUT2D eigenvalue weighted by atomic mass is 9.97. The Hall–Kier alpha value is -3.99. The molecule has 35 heavy (non-hydrogen) atoms. The largest absolute Gasteiger partial charge is 0.573 e. The van der Waals surface area contributed by atoms with Gasteiger partial charge in [0.05, 0.1) is 5.57 Å². The number of esters is 1. The second-order valence-electron chi connectivity index (χ2n) is 6.61. The zero-order valence-electron chi connectivity index (χ0n) is 17.3. The van der Waals surface area contributed by atoms with Gasteiger partial charge < -0.3 is 23.9 Å². The molecule has 0 N–H and O–H groups in total. The number of hydrogen-bond acceptors (Lipinski definition) is 10. The third kappa shape index (κ3) is 7.78. The first-order chi connectivity index (χ1) is 16.1. The van der Waals surface area contributed by atoms with Crippen molar-refractivity contribution < 1.29 is 65.2 Å². The van der Waals surface area contributed by atoms with Gasteiger partial charge in [-0.15, -0.1) is 33.4 Å². The van der Waals surface area contributed by atoms with Crippen molar-refractivity contribution in [3.8, 4) is 11.5 Å². The highest BCUT2D eigenvalue weighted by molar-refractivity contribution is 5.96. The monoisotopic (exact) mass is 520 g/mol.